The molecule has 0 spiro atoms. The van der Waals surface area contributed by atoms with Crippen molar-refractivity contribution in [3.8, 4) is 0 Å². The molecule has 108 valence electrons. The van der Waals surface area contributed by atoms with E-state index in [1.807, 2.05) is 69.1 Å². The minimum absolute atomic E-state index is 0.0233. The summed E-state index contributed by atoms with van der Waals surface area (Å²) in [5.74, 6) is 0.976. The highest BCUT2D eigenvalue weighted by atomic mass is 16.1. The highest BCUT2D eigenvalue weighted by Gasteiger charge is 2.04. The van der Waals surface area contributed by atoms with Crippen molar-refractivity contribution in [2.45, 2.75) is 27.2 Å². The Hall–Kier alpha value is -2.10. The molecular formula is C16H23N3O. The summed E-state index contributed by atoms with van der Waals surface area (Å²) in [6, 6.07) is 7.75. The van der Waals surface area contributed by atoms with Crippen LogP contribution in [-0.2, 0) is 4.79 Å². The number of amidine groups is 1. The Balaban J connectivity index is 2.72. The van der Waals surface area contributed by atoms with Crippen molar-refractivity contribution in [1.29, 1.82) is 0 Å². The minimum atomic E-state index is 0.0233. The molecule has 1 aromatic carbocycles. The molecule has 4 nitrogen and oxygen atoms in total. The van der Waals surface area contributed by atoms with Crippen LogP contribution in [0.2, 0.25) is 0 Å². The van der Waals surface area contributed by atoms with Gasteiger partial charge in [0.15, 0.2) is 0 Å². The van der Waals surface area contributed by atoms with E-state index < -0.39 is 0 Å². The SMILES string of the molecule is C/C=C/CN=C(C)N(C)c1ccc(NC(=O)CC)cc1. The molecule has 0 heterocycles. The van der Waals surface area contributed by atoms with Crippen molar-refractivity contribution < 1.29 is 4.79 Å². The zero-order chi connectivity index (χ0) is 15.0. The molecule has 1 amide bonds. The molecular weight excluding hydrogens is 250 g/mol. The van der Waals surface area contributed by atoms with E-state index in [-0.39, 0.29) is 5.91 Å². The molecule has 4 heteroatoms. The van der Waals surface area contributed by atoms with Crippen molar-refractivity contribution in [3.63, 3.8) is 0 Å². The number of anilines is 2. The lowest BCUT2D eigenvalue weighted by molar-refractivity contribution is -0.115. The fourth-order valence-corrected chi connectivity index (χ4v) is 1.60. The van der Waals surface area contributed by atoms with Crippen LogP contribution >= 0.6 is 0 Å². The van der Waals surface area contributed by atoms with E-state index in [2.05, 4.69) is 10.3 Å². The van der Waals surface area contributed by atoms with E-state index in [0.717, 1.165) is 17.2 Å². The number of hydrogen-bond donors (Lipinski definition) is 1. The normalized spacial score (nSPS) is 11.7. The largest absolute Gasteiger partial charge is 0.333 e. The maximum absolute atomic E-state index is 11.3. The number of allylic oxidation sites excluding steroid dienone is 1. The summed E-state index contributed by atoms with van der Waals surface area (Å²) in [5.41, 5.74) is 1.86. The second-order valence-electron chi connectivity index (χ2n) is 4.46. The average Bonchev–Trinajstić information content (AvgIpc) is 2.47. The molecule has 20 heavy (non-hydrogen) atoms. The number of amides is 1. The van der Waals surface area contributed by atoms with Crippen molar-refractivity contribution in [2.24, 2.45) is 4.99 Å². The van der Waals surface area contributed by atoms with Crippen LogP contribution in [0.1, 0.15) is 27.2 Å². The third-order valence-electron chi connectivity index (χ3n) is 3.01. The Morgan fingerprint density at radius 1 is 1.35 bits per heavy atom. The van der Waals surface area contributed by atoms with Gasteiger partial charge in [-0.05, 0) is 38.1 Å². The van der Waals surface area contributed by atoms with Crippen LogP contribution in [0.3, 0.4) is 0 Å². The topological polar surface area (TPSA) is 44.7 Å². The van der Waals surface area contributed by atoms with E-state index in [0.29, 0.717) is 13.0 Å². The molecule has 0 aliphatic heterocycles. The maximum Gasteiger partial charge on any atom is 0.224 e. The van der Waals surface area contributed by atoms with E-state index in [9.17, 15) is 4.79 Å². The van der Waals surface area contributed by atoms with Gasteiger partial charge >= 0.3 is 0 Å². The summed E-state index contributed by atoms with van der Waals surface area (Å²) in [4.78, 5) is 17.8. The number of aliphatic imine (C=N–C) groups is 1. The molecule has 0 aromatic heterocycles. The summed E-state index contributed by atoms with van der Waals surface area (Å²) in [6.45, 7) is 6.49. The first-order valence-corrected chi connectivity index (χ1v) is 6.84. The molecule has 0 atom stereocenters. The molecule has 0 saturated heterocycles. The molecule has 0 unspecified atom stereocenters. The van der Waals surface area contributed by atoms with Gasteiger partial charge in [0, 0.05) is 24.8 Å². The predicted molar refractivity (Wildman–Crippen MR) is 86.6 cm³/mol. The van der Waals surface area contributed by atoms with Gasteiger partial charge in [-0.1, -0.05) is 19.1 Å². The number of hydrogen-bond acceptors (Lipinski definition) is 2. The molecule has 0 bridgehead atoms. The Morgan fingerprint density at radius 2 is 2.00 bits per heavy atom. The van der Waals surface area contributed by atoms with Gasteiger partial charge in [-0.3, -0.25) is 9.79 Å². The summed E-state index contributed by atoms with van der Waals surface area (Å²) in [6.07, 6.45) is 4.49. The van der Waals surface area contributed by atoms with Crippen molar-refractivity contribution >= 4 is 23.1 Å². The average molecular weight is 273 g/mol. The van der Waals surface area contributed by atoms with Gasteiger partial charge in [0.1, 0.15) is 5.84 Å². The fourth-order valence-electron chi connectivity index (χ4n) is 1.60. The van der Waals surface area contributed by atoms with E-state index in [1.165, 1.54) is 0 Å². The molecule has 0 fully saturated rings. The Morgan fingerprint density at radius 3 is 2.55 bits per heavy atom. The van der Waals surface area contributed by atoms with Crippen LogP contribution in [0, 0.1) is 0 Å². The van der Waals surface area contributed by atoms with Crippen LogP contribution in [-0.4, -0.2) is 25.3 Å². The summed E-state index contributed by atoms with van der Waals surface area (Å²) < 4.78 is 0. The van der Waals surface area contributed by atoms with Crippen LogP contribution in [0.4, 0.5) is 11.4 Å². The number of nitrogens with one attached hydrogen (secondary N) is 1. The predicted octanol–water partition coefficient (Wildman–Crippen LogP) is 3.47. The van der Waals surface area contributed by atoms with Gasteiger partial charge in [-0.15, -0.1) is 0 Å². The number of rotatable bonds is 5. The van der Waals surface area contributed by atoms with Gasteiger partial charge in [-0.25, -0.2) is 0 Å². The lowest BCUT2D eigenvalue weighted by Crippen LogP contribution is -2.23. The van der Waals surface area contributed by atoms with Crippen molar-refractivity contribution in [2.75, 3.05) is 23.8 Å². The molecule has 0 saturated carbocycles. The van der Waals surface area contributed by atoms with Crippen molar-refractivity contribution in [1.82, 2.24) is 0 Å². The number of benzene rings is 1. The number of carbonyl (C=O) groups excluding carboxylic acids is 1. The highest BCUT2D eigenvalue weighted by Crippen LogP contribution is 2.17. The Kier molecular flexibility index (Phi) is 6.50. The lowest BCUT2D eigenvalue weighted by Gasteiger charge is -2.19. The van der Waals surface area contributed by atoms with Crippen LogP contribution in [0.15, 0.2) is 41.4 Å². The lowest BCUT2D eigenvalue weighted by atomic mass is 10.2. The molecule has 1 N–H and O–H groups in total. The third kappa shape index (κ3) is 4.88. The second kappa shape index (κ2) is 8.15. The van der Waals surface area contributed by atoms with Crippen LogP contribution in [0.25, 0.3) is 0 Å². The first-order valence-electron chi connectivity index (χ1n) is 6.84. The molecule has 1 rings (SSSR count). The number of carbonyl (C=O) groups is 1. The van der Waals surface area contributed by atoms with E-state index >= 15 is 0 Å². The first-order chi connectivity index (χ1) is 9.58. The Bertz CT molecular complexity index is 489. The van der Waals surface area contributed by atoms with Gasteiger partial charge < -0.3 is 10.2 Å². The number of nitrogens with zero attached hydrogens (tertiary/aromatic N) is 2. The summed E-state index contributed by atoms with van der Waals surface area (Å²) >= 11 is 0. The molecule has 0 aliphatic rings. The van der Waals surface area contributed by atoms with E-state index in [1.54, 1.807) is 0 Å². The van der Waals surface area contributed by atoms with Crippen molar-refractivity contribution in [3.05, 3.63) is 36.4 Å². The van der Waals surface area contributed by atoms with Gasteiger partial charge in [0.2, 0.25) is 5.91 Å². The monoisotopic (exact) mass is 273 g/mol. The third-order valence-corrected chi connectivity index (χ3v) is 3.01. The first kappa shape index (κ1) is 16.0. The Labute approximate surface area is 121 Å². The molecule has 0 radical (unpaired) electrons. The van der Waals surface area contributed by atoms with E-state index in [4.69, 9.17) is 0 Å². The zero-order valence-electron chi connectivity index (χ0n) is 12.7. The summed E-state index contributed by atoms with van der Waals surface area (Å²) in [7, 11) is 1.98. The van der Waals surface area contributed by atoms with Crippen LogP contribution < -0.4 is 10.2 Å². The quantitative estimate of drug-likeness (QED) is 0.507. The second-order valence-corrected chi connectivity index (χ2v) is 4.46. The molecule has 1 aromatic rings. The van der Waals surface area contributed by atoms with Gasteiger partial charge in [-0.2, -0.15) is 0 Å². The highest BCUT2D eigenvalue weighted by molar-refractivity contribution is 5.96. The zero-order valence-corrected chi connectivity index (χ0v) is 12.7. The standard InChI is InChI=1S/C16H23N3O/c1-5-7-12-17-13(3)19(4)15-10-8-14(9-11-15)18-16(20)6-2/h5,7-11H,6,12H2,1-4H3,(H,18,20)/b7-5+,17-13?. The smallest absolute Gasteiger partial charge is 0.224 e. The van der Waals surface area contributed by atoms with Gasteiger partial charge in [0.05, 0.1) is 6.54 Å². The molecule has 0 aliphatic carbocycles. The summed E-state index contributed by atoms with van der Waals surface area (Å²) in [5, 5.41) is 2.83. The van der Waals surface area contributed by atoms with Gasteiger partial charge in [0.25, 0.3) is 0 Å². The van der Waals surface area contributed by atoms with Crippen LogP contribution in [0.5, 0.6) is 0 Å². The maximum atomic E-state index is 11.3. The fraction of sp³-hybridized carbons (Fsp3) is 0.375. The minimum Gasteiger partial charge on any atom is -0.333 e.